The summed E-state index contributed by atoms with van der Waals surface area (Å²) < 4.78 is 16.1. The van der Waals surface area contributed by atoms with Gasteiger partial charge in [-0.25, -0.2) is 0 Å². The summed E-state index contributed by atoms with van der Waals surface area (Å²) in [5.41, 5.74) is 1.70. The zero-order chi connectivity index (χ0) is 26.2. The van der Waals surface area contributed by atoms with E-state index < -0.39 is 6.10 Å². The normalized spacial score (nSPS) is 16.3. The number of hydrogen-bond donors (Lipinski definition) is 1. The third-order valence-corrected chi connectivity index (χ3v) is 7.37. The molecule has 1 N–H and O–H groups in total. The molecule has 0 spiro atoms. The minimum atomic E-state index is -0.578. The summed E-state index contributed by atoms with van der Waals surface area (Å²) in [6.07, 6.45) is 2.75. The molecule has 8 heteroatoms. The topological polar surface area (TPSA) is 71.5 Å². The van der Waals surface area contributed by atoms with Gasteiger partial charge in [-0.1, -0.05) is 26.0 Å². The molecule has 1 aliphatic rings. The third-order valence-electron chi connectivity index (χ3n) is 6.36. The average Bonchev–Trinajstić information content (AvgIpc) is 2.90. The molecule has 0 saturated carbocycles. The van der Waals surface area contributed by atoms with Crippen LogP contribution in [0.1, 0.15) is 38.0 Å². The van der Waals surface area contributed by atoms with Crippen molar-refractivity contribution in [2.45, 2.75) is 43.1 Å². The van der Waals surface area contributed by atoms with Crippen LogP contribution < -0.4 is 14.2 Å². The number of methoxy groups -OCH3 is 3. The van der Waals surface area contributed by atoms with E-state index in [0.717, 1.165) is 11.1 Å². The van der Waals surface area contributed by atoms with Gasteiger partial charge in [0.2, 0.25) is 11.7 Å². The molecular weight excluding hydrogens is 476 g/mol. The lowest BCUT2D eigenvalue weighted by atomic mass is 10.0. The number of piperazine rings is 1. The molecule has 3 rings (SSSR count). The number of rotatable bonds is 10. The van der Waals surface area contributed by atoms with Gasteiger partial charge in [-0.2, -0.15) is 0 Å². The lowest BCUT2D eigenvalue weighted by Gasteiger charge is -2.39. The highest BCUT2D eigenvalue weighted by Crippen LogP contribution is 2.38. The Kier molecular flexibility index (Phi) is 10.1. The van der Waals surface area contributed by atoms with E-state index in [1.165, 1.54) is 4.90 Å². The van der Waals surface area contributed by atoms with Crippen molar-refractivity contribution in [2.75, 3.05) is 47.5 Å². The lowest BCUT2D eigenvalue weighted by Crippen LogP contribution is -2.52. The highest BCUT2D eigenvalue weighted by atomic mass is 32.2. The summed E-state index contributed by atoms with van der Waals surface area (Å²) in [7, 11) is 4.68. The van der Waals surface area contributed by atoms with E-state index in [0.29, 0.717) is 48.7 Å². The number of nitrogens with zero attached hydrogens (tertiary/aromatic N) is 2. The van der Waals surface area contributed by atoms with E-state index in [4.69, 9.17) is 14.2 Å². The summed E-state index contributed by atoms with van der Waals surface area (Å²) in [5.74, 6) is 1.55. The minimum absolute atomic E-state index is 0.0411. The monoisotopic (exact) mass is 514 g/mol. The Bertz CT molecular complexity index is 1010. The highest BCUT2D eigenvalue weighted by molar-refractivity contribution is 7.99. The zero-order valence-corrected chi connectivity index (χ0v) is 22.9. The predicted octanol–water partition coefficient (Wildman–Crippen LogP) is 4.49. The van der Waals surface area contributed by atoms with E-state index in [1.807, 2.05) is 35.7 Å². The van der Waals surface area contributed by atoms with Crippen LogP contribution in [0, 0.1) is 0 Å². The van der Waals surface area contributed by atoms with E-state index in [1.54, 1.807) is 45.6 Å². The number of hydrogen-bond acceptors (Lipinski definition) is 7. The van der Waals surface area contributed by atoms with Crippen LogP contribution in [-0.2, 0) is 4.79 Å². The molecule has 196 valence electrons. The van der Waals surface area contributed by atoms with Gasteiger partial charge in [-0.3, -0.25) is 9.69 Å². The summed E-state index contributed by atoms with van der Waals surface area (Å²) in [4.78, 5) is 18.1. The molecule has 2 aromatic carbocycles. The maximum Gasteiger partial charge on any atom is 0.246 e. The smallest absolute Gasteiger partial charge is 0.246 e. The molecule has 1 amide bonds. The molecule has 1 aliphatic heterocycles. The van der Waals surface area contributed by atoms with Crippen molar-refractivity contribution in [3.63, 3.8) is 0 Å². The Morgan fingerprint density at radius 1 is 0.944 bits per heavy atom. The van der Waals surface area contributed by atoms with E-state index in [2.05, 4.69) is 30.9 Å². The second-order valence-electron chi connectivity index (χ2n) is 9.07. The second kappa shape index (κ2) is 13.0. The van der Waals surface area contributed by atoms with Crippen LogP contribution in [0.5, 0.6) is 17.2 Å². The molecule has 0 aromatic heterocycles. The number of carbonyl (C=O) groups is 1. The van der Waals surface area contributed by atoms with Crippen LogP contribution in [0.25, 0.3) is 6.08 Å². The van der Waals surface area contributed by atoms with Gasteiger partial charge in [0.15, 0.2) is 11.5 Å². The molecule has 0 aliphatic carbocycles. The van der Waals surface area contributed by atoms with E-state index in [-0.39, 0.29) is 11.9 Å². The number of benzene rings is 2. The van der Waals surface area contributed by atoms with Crippen LogP contribution in [0.15, 0.2) is 47.4 Å². The lowest BCUT2D eigenvalue weighted by molar-refractivity contribution is -0.128. The maximum atomic E-state index is 12.8. The molecule has 7 nitrogen and oxygen atoms in total. The van der Waals surface area contributed by atoms with Crippen molar-refractivity contribution in [3.8, 4) is 17.2 Å². The van der Waals surface area contributed by atoms with Crippen LogP contribution >= 0.6 is 11.8 Å². The summed E-state index contributed by atoms with van der Waals surface area (Å²) in [5, 5.41) is 11.5. The standard InChI is InChI=1S/C28H38N2O5S/c1-19(2)36-23-10-8-22(9-11-23)27(32)20(3)29-13-15-30(16-14-29)26(31)12-7-21-17-24(33-4)28(35-6)25(18-21)34-5/h7-12,17-20,27,32H,13-16H2,1-6H3/b12-7+. The first kappa shape index (κ1) is 27.9. The first-order valence-electron chi connectivity index (χ1n) is 12.2. The van der Waals surface area contributed by atoms with Crippen LogP contribution in [0.2, 0.25) is 0 Å². The Labute approximate surface area is 219 Å². The van der Waals surface area contributed by atoms with Gasteiger partial charge >= 0.3 is 0 Å². The average molecular weight is 515 g/mol. The molecule has 1 heterocycles. The SMILES string of the molecule is COc1cc(/C=C/C(=O)N2CCN(C(C)C(O)c3ccc(SC(C)C)cc3)CC2)cc(OC)c1OC. The van der Waals surface area contributed by atoms with Gasteiger partial charge in [-0.05, 0) is 48.4 Å². The molecule has 36 heavy (non-hydrogen) atoms. The Hall–Kier alpha value is -2.68. The van der Waals surface area contributed by atoms with Crippen molar-refractivity contribution in [2.24, 2.45) is 0 Å². The molecule has 2 aromatic rings. The van der Waals surface area contributed by atoms with Crippen LogP contribution in [0.4, 0.5) is 0 Å². The Morgan fingerprint density at radius 3 is 2.03 bits per heavy atom. The van der Waals surface area contributed by atoms with Gasteiger partial charge in [0.25, 0.3) is 0 Å². The van der Waals surface area contributed by atoms with Crippen molar-refractivity contribution in [1.29, 1.82) is 0 Å². The molecule has 0 radical (unpaired) electrons. The quantitative estimate of drug-likeness (QED) is 0.370. The maximum absolute atomic E-state index is 12.8. The number of thioether (sulfide) groups is 1. The number of amides is 1. The molecule has 2 unspecified atom stereocenters. The first-order valence-corrected chi connectivity index (χ1v) is 13.1. The Balaban J connectivity index is 1.56. The number of ether oxygens (including phenoxy) is 3. The predicted molar refractivity (Wildman–Crippen MR) is 145 cm³/mol. The van der Waals surface area contributed by atoms with Gasteiger partial charge < -0.3 is 24.2 Å². The summed E-state index contributed by atoms with van der Waals surface area (Å²) >= 11 is 1.81. The van der Waals surface area contributed by atoms with Crippen LogP contribution in [0.3, 0.4) is 0 Å². The van der Waals surface area contributed by atoms with E-state index in [9.17, 15) is 9.90 Å². The summed E-state index contributed by atoms with van der Waals surface area (Å²) in [6.45, 7) is 9.03. The summed E-state index contributed by atoms with van der Waals surface area (Å²) in [6, 6.07) is 11.7. The third kappa shape index (κ3) is 6.96. The molecule has 1 saturated heterocycles. The van der Waals surface area contributed by atoms with Crippen LogP contribution in [-0.4, -0.2) is 79.6 Å². The fourth-order valence-electron chi connectivity index (χ4n) is 4.31. The molecule has 1 fully saturated rings. The largest absolute Gasteiger partial charge is 0.493 e. The van der Waals surface area contributed by atoms with Gasteiger partial charge in [0.05, 0.1) is 27.4 Å². The fourth-order valence-corrected chi connectivity index (χ4v) is 5.15. The number of carbonyl (C=O) groups excluding carboxylic acids is 1. The van der Waals surface area contributed by atoms with Crippen molar-refractivity contribution >= 4 is 23.7 Å². The Morgan fingerprint density at radius 2 is 1.53 bits per heavy atom. The minimum Gasteiger partial charge on any atom is -0.493 e. The first-order chi connectivity index (χ1) is 17.3. The van der Waals surface area contributed by atoms with Gasteiger partial charge in [-0.15, -0.1) is 11.8 Å². The molecule has 0 bridgehead atoms. The number of aliphatic hydroxyl groups is 1. The highest BCUT2D eigenvalue weighted by Gasteiger charge is 2.27. The second-order valence-corrected chi connectivity index (χ2v) is 10.7. The van der Waals surface area contributed by atoms with Crippen molar-refractivity contribution < 1.29 is 24.1 Å². The molecular formula is C28H38N2O5S. The number of aliphatic hydroxyl groups excluding tert-OH is 1. The zero-order valence-electron chi connectivity index (χ0n) is 22.1. The van der Waals surface area contributed by atoms with E-state index >= 15 is 0 Å². The molecule has 2 atom stereocenters. The van der Waals surface area contributed by atoms with Gasteiger partial charge in [0.1, 0.15) is 0 Å². The van der Waals surface area contributed by atoms with Crippen molar-refractivity contribution in [3.05, 3.63) is 53.6 Å². The van der Waals surface area contributed by atoms with Crippen molar-refractivity contribution in [1.82, 2.24) is 9.80 Å². The van der Waals surface area contributed by atoms with Gasteiger partial charge in [0, 0.05) is 48.4 Å². The fraction of sp³-hybridized carbons (Fsp3) is 0.464.